The summed E-state index contributed by atoms with van der Waals surface area (Å²) in [7, 11) is 0. The molecular formula is C15H33NO2. The Labute approximate surface area is 113 Å². The fourth-order valence-corrected chi connectivity index (χ4v) is 2.07. The fraction of sp³-hybridized carbons (Fsp3) is 1.00. The van der Waals surface area contributed by atoms with E-state index in [1.54, 1.807) is 6.92 Å². The molecule has 3 nitrogen and oxygen atoms in total. The predicted molar refractivity (Wildman–Crippen MR) is 77.8 cm³/mol. The molecule has 0 aliphatic heterocycles. The van der Waals surface area contributed by atoms with Crippen molar-refractivity contribution in [3.63, 3.8) is 0 Å². The molecule has 0 aromatic rings. The van der Waals surface area contributed by atoms with Gasteiger partial charge in [-0.15, -0.1) is 0 Å². The van der Waals surface area contributed by atoms with Gasteiger partial charge in [0.05, 0.1) is 12.2 Å². The quantitative estimate of drug-likeness (QED) is 0.446. The van der Waals surface area contributed by atoms with Gasteiger partial charge in [0.1, 0.15) is 0 Å². The summed E-state index contributed by atoms with van der Waals surface area (Å²) in [5.74, 6) is 0. The van der Waals surface area contributed by atoms with E-state index in [4.69, 9.17) is 5.11 Å². The average molecular weight is 259 g/mol. The van der Waals surface area contributed by atoms with E-state index in [1.165, 1.54) is 44.9 Å². The Balaban J connectivity index is 3.12. The van der Waals surface area contributed by atoms with Crippen LogP contribution in [0.3, 0.4) is 0 Å². The van der Waals surface area contributed by atoms with Gasteiger partial charge < -0.3 is 15.5 Å². The van der Waals surface area contributed by atoms with Crippen LogP contribution in [0.2, 0.25) is 0 Å². The lowest BCUT2D eigenvalue weighted by atomic mass is 10.1. The lowest BCUT2D eigenvalue weighted by molar-refractivity contribution is 0.144. The molecule has 18 heavy (non-hydrogen) atoms. The number of unbranched alkanes of at least 4 members (excludes halogenated alkanes) is 7. The lowest BCUT2D eigenvalue weighted by Crippen LogP contribution is -2.31. The molecule has 110 valence electrons. The molecule has 2 atom stereocenters. The number of aliphatic hydroxyl groups excluding tert-OH is 2. The highest BCUT2D eigenvalue weighted by Gasteiger charge is 2.04. The van der Waals surface area contributed by atoms with Crippen molar-refractivity contribution in [2.24, 2.45) is 0 Å². The molecule has 0 rings (SSSR count). The molecule has 3 N–H and O–H groups in total. The molecule has 0 amide bonds. The Morgan fingerprint density at radius 1 is 0.833 bits per heavy atom. The Kier molecular flexibility index (Phi) is 13.2. The third kappa shape index (κ3) is 13.9. The van der Waals surface area contributed by atoms with Crippen molar-refractivity contribution in [2.45, 2.75) is 83.8 Å². The van der Waals surface area contributed by atoms with Crippen LogP contribution < -0.4 is 5.32 Å². The van der Waals surface area contributed by atoms with Crippen molar-refractivity contribution in [2.75, 3.05) is 13.1 Å². The van der Waals surface area contributed by atoms with Crippen molar-refractivity contribution in [1.82, 2.24) is 5.32 Å². The molecule has 0 radical (unpaired) electrons. The van der Waals surface area contributed by atoms with Gasteiger partial charge in [0.25, 0.3) is 0 Å². The number of aliphatic hydroxyl groups is 2. The Morgan fingerprint density at radius 3 is 1.94 bits per heavy atom. The summed E-state index contributed by atoms with van der Waals surface area (Å²) in [5, 5.41) is 21.8. The summed E-state index contributed by atoms with van der Waals surface area (Å²) in [6.45, 7) is 5.15. The van der Waals surface area contributed by atoms with Gasteiger partial charge in [0, 0.05) is 13.1 Å². The molecule has 3 heteroatoms. The van der Waals surface area contributed by atoms with Crippen molar-refractivity contribution < 1.29 is 10.2 Å². The molecule has 0 saturated heterocycles. The summed E-state index contributed by atoms with van der Waals surface area (Å²) in [6.07, 6.45) is 10.7. The monoisotopic (exact) mass is 259 g/mol. The maximum atomic E-state index is 9.69. The molecule has 0 fully saturated rings. The van der Waals surface area contributed by atoms with Crippen LogP contribution in [0.5, 0.6) is 0 Å². The summed E-state index contributed by atoms with van der Waals surface area (Å²) < 4.78 is 0. The topological polar surface area (TPSA) is 52.5 Å². The number of hydrogen-bond acceptors (Lipinski definition) is 3. The molecule has 0 saturated carbocycles. The van der Waals surface area contributed by atoms with Gasteiger partial charge in [-0.1, -0.05) is 58.3 Å². The highest BCUT2D eigenvalue weighted by Crippen LogP contribution is 2.10. The smallest absolute Gasteiger partial charge is 0.0664 e. The Morgan fingerprint density at radius 2 is 1.39 bits per heavy atom. The van der Waals surface area contributed by atoms with Gasteiger partial charge in [-0.25, -0.2) is 0 Å². The third-order valence-electron chi connectivity index (χ3n) is 3.21. The van der Waals surface area contributed by atoms with E-state index in [1.807, 2.05) is 0 Å². The molecule has 0 aromatic carbocycles. The number of hydrogen-bond donors (Lipinski definition) is 3. The molecule has 0 spiro atoms. The molecular weight excluding hydrogens is 226 g/mol. The van der Waals surface area contributed by atoms with Crippen molar-refractivity contribution >= 4 is 0 Å². The minimum Gasteiger partial charge on any atom is -0.392 e. The number of nitrogens with one attached hydrogen (secondary N) is 1. The lowest BCUT2D eigenvalue weighted by Gasteiger charge is -2.12. The summed E-state index contributed by atoms with van der Waals surface area (Å²) in [6, 6.07) is 0. The fourth-order valence-electron chi connectivity index (χ4n) is 2.07. The summed E-state index contributed by atoms with van der Waals surface area (Å²) in [4.78, 5) is 0. The van der Waals surface area contributed by atoms with E-state index < -0.39 is 0 Å². The van der Waals surface area contributed by atoms with E-state index in [0.29, 0.717) is 13.1 Å². The first-order valence-corrected chi connectivity index (χ1v) is 7.73. The largest absolute Gasteiger partial charge is 0.392 e. The zero-order valence-electron chi connectivity index (χ0n) is 12.3. The van der Waals surface area contributed by atoms with E-state index >= 15 is 0 Å². The van der Waals surface area contributed by atoms with Crippen molar-refractivity contribution in [3.05, 3.63) is 0 Å². The predicted octanol–water partition coefficient (Wildman–Crippen LogP) is 2.85. The van der Waals surface area contributed by atoms with E-state index in [2.05, 4.69) is 12.2 Å². The van der Waals surface area contributed by atoms with Gasteiger partial charge in [-0.2, -0.15) is 0 Å². The zero-order valence-corrected chi connectivity index (χ0v) is 12.3. The molecule has 0 aromatic heterocycles. The standard InChI is InChI=1S/C15H33NO2/c1-3-4-5-6-7-8-9-10-11-15(18)13-16-12-14(2)17/h14-18H,3-13H2,1-2H3. The number of rotatable bonds is 13. The third-order valence-corrected chi connectivity index (χ3v) is 3.21. The van der Waals surface area contributed by atoms with Gasteiger partial charge in [0.15, 0.2) is 0 Å². The van der Waals surface area contributed by atoms with Crippen LogP contribution >= 0.6 is 0 Å². The molecule has 0 aliphatic carbocycles. The molecule has 0 aliphatic rings. The second-order valence-electron chi connectivity index (χ2n) is 5.42. The van der Waals surface area contributed by atoms with Crippen LogP contribution in [0.15, 0.2) is 0 Å². The molecule has 0 heterocycles. The van der Waals surface area contributed by atoms with Crippen LogP contribution in [-0.2, 0) is 0 Å². The first-order chi connectivity index (χ1) is 8.66. The first kappa shape index (κ1) is 17.9. The maximum Gasteiger partial charge on any atom is 0.0664 e. The van der Waals surface area contributed by atoms with Gasteiger partial charge in [-0.05, 0) is 13.3 Å². The van der Waals surface area contributed by atoms with Crippen molar-refractivity contribution in [1.29, 1.82) is 0 Å². The van der Waals surface area contributed by atoms with Gasteiger partial charge >= 0.3 is 0 Å². The SMILES string of the molecule is CCCCCCCCCCC(O)CNCC(C)O. The first-order valence-electron chi connectivity index (χ1n) is 7.73. The Bertz CT molecular complexity index is 163. The van der Waals surface area contributed by atoms with Crippen LogP contribution in [0.4, 0.5) is 0 Å². The summed E-state index contributed by atoms with van der Waals surface area (Å²) >= 11 is 0. The average Bonchev–Trinajstić information content (AvgIpc) is 2.32. The van der Waals surface area contributed by atoms with Gasteiger partial charge in [-0.3, -0.25) is 0 Å². The second-order valence-corrected chi connectivity index (χ2v) is 5.42. The zero-order chi connectivity index (χ0) is 13.6. The highest BCUT2D eigenvalue weighted by molar-refractivity contribution is 4.61. The van der Waals surface area contributed by atoms with Crippen LogP contribution in [0.25, 0.3) is 0 Å². The van der Waals surface area contributed by atoms with Crippen molar-refractivity contribution in [3.8, 4) is 0 Å². The second kappa shape index (κ2) is 13.3. The normalized spacial score (nSPS) is 14.7. The minimum atomic E-state index is -0.333. The van der Waals surface area contributed by atoms with Crippen LogP contribution in [0.1, 0.15) is 71.6 Å². The van der Waals surface area contributed by atoms with E-state index in [0.717, 1.165) is 12.8 Å². The van der Waals surface area contributed by atoms with Crippen LogP contribution in [0, 0.1) is 0 Å². The van der Waals surface area contributed by atoms with E-state index in [9.17, 15) is 5.11 Å². The summed E-state index contributed by atoms with van der Waals surface area (Å²) in [5.41, 5.74) is 0. The molecule has 2 unspecified atom stereocenters. The van der Waals surface area contributed by atoms with Gasteiger partial charge in [0.2, 0.25) is 0 Å². The van der Waals surface area contributed by atoms with Crippen LogP contribution in [-0.4, -0.2) is 35.5 Å². The maximum absolute atomic E-state index is 9.69. The van der Waals surface area contributed by atoms with E-state index in [-0.39, 0.29) is 12.2 Å². The Hall–Kier alpha value is -0.120. The highest BCUT2D eigenvalue weighted by atomic mass is 16.3. The minimum absolute atomic E-state index is 0.260. The molecule has 0 bridgehead atoms.